The normalized spacial score (nSPS) is 19.4. The first-order chi connectivity index (χ1) is 8.29. The minimum Gasteiger partial charge on any atom is -0.393 e. The fourth-order valence-electron chi connectivity index (χ4n) is 2.37. The van der Waals surface area contributed by atoms with E-state index in [4.69, 9.17) is 0 Å². The first kappa shape index (κ1) is 12.9. The van der Waals surface area contributed by atoms with E-state index in [0.717, 1.165) is 18.8 Å². The van der Waals surface area contributed by atoms with Crippen LogP contribution in [0, 0.1) is 5.92 Å². The summed E-state index contributed by atoms with van der Waals surface area (Å²) < 4.78 is 1.86. The van der Waals surface area contributed by atoms with E-state index in [2.05, 4.69) is 10.1 Å². The molecule has 0 radical (unpaired) electrons. The average Bonchev–Trinajstić information content (AvgIpc) is 2.77. The van der Waals surface area contributed by atoms with E-state index in [9.17, 15) is 5.11 Å². The van der Waals surface area contributed by atoms with Crippen LogP contribution >= 0.6 is 11.8 Å². The fourth-order valence-corrected chi connectivity index (χ4v) is 3.58. The molecule has 1 fully saturated rings. The molecule has 0 aliphatic carbocycles. The van der Waals surface area contributed by atoms with Crippen LogP contribution in [0.3, 0.4) is 0 Å². The molecule has 1 saturated heterocycles. The van der Waals surface area contributed by atoms with E-state index in [0.29, 0.717) is 12.3 Å². The highest BCUT2D eigenvalue weighted by atomic mass is 32.2. The van der Waals surface area contributed by atoms with Gasteiger partial charge in [-0.3, -0.25) is 4.68 Å². The van der Waals surface area contributed by atoms with Gasteiger partial charge in [0.15, 0.2) is 0 Å². The standard InChI is InChI=1S/C12H21N3OS/c1-2-15-12(13-9-14-15)8-11(16)7-10-3-5-17-6-4-10/h9-11,16H,2-8H2,1H3. The van der Waals surface area contributed by atoms with Gasteiger partial charge in [0.25, 0.3) is 0 Å². The summed E-state index contributed by atoms with van der Waals surface area (Å²) in [6, 6.07) is 0. The third kappa shape index (κ3) is 3.71. The molecule has 2 rings (SSSR count). The molecule has 0 bridgehead atoms. The zero-order chi connectivity index (χ0) is 12.1. The number of aliphatic hydroxyl groups excluding tert-OH is 1. The lowest BCUT2D eigenvalue weighted by Crippen LogP contribution is -2.21. The predicted octanol–water partition coefficient (Wildman–Crippen LogP) is 1.73. The lowest BCUT2D eigenvalue weighted by atomic mass is 9.94. The van der Waals surface area contributed by atoms with Crippen molar-refractivity contribution >= 4 is 11.8 Å². The summed E-state index contributed by atoms with van der Waals surface area (Å²) in [6.45, 7) is 2.87. The third-order valence-corrected chi connectivity index (χ3v) is 4.41. The second-order valence-corrected chi connectivity index (χ2v) is 5.87. The molecule has 1 unspecified atom stereocenters. The van der Waals surface area contributed by atoms with Crippen LogP contribution in [0.1, 0.15) is 32.0 Å². The lowest BCUT2D eigenvalue weighted by Gasteiger charge is -2.23. The number of nitrogens with zero attached hydrogens (tertiary/aromatic N) is 3. The Balaban J connectivity index is 1.82. The van der Waals surface area contributed by atoms with Crippen LogP contribution in [-0.2, 0) is 13.0 Å². The van der Waals surface area contributed by atoms with Gasteiger partial charge in [0.1, 0.15) is 12.2 Å². The van der Waals surface area contributed by atoms with Crippen LogP contribution in [0.2, 0.25) is 0 Å². The Bertz CT molecular complexity index is 336. The summed E-state index contributed by atoms with van der Waals surface area (Å²) in [5.74, 6) is 4.11. The molecule has 1 aliphatic rings. The number of aryl methyl sites for hydroxylation is 1. The maximum atomic E-state index is 10.1. The van der Waals surface area contributed by atoms with E-state index in [1.54, 1.807) is 6.33 Å². The van der Waals surface area contributed by atoms with Crippen molar-refractivity contribution in [2.45, 2.75) is 45.3 Å². The molecular formula is C12H21N3OS. The van der Waals surface area contributed by atoms with Gasteiger partial charge >= 0.3 is 0 Å². The summed E-state index contributed by atoms with van der Waals surface area (Å²) in [4.78, 5) is 4.21. The van der Waals surface area contributed by atoms with Crippen LogP contribution in [0.5, 0.6) is 0 Å². The maximum Gasteiger partial charge on any atom is 0.138 e. The van der Waals surface area contributed by atoms with Crippen molar-refractivity contribution in [1.82, 2.24) is 14.8 Å². The lowest BCUT2D eigenvalue weighted by molar-refractivity contribution is 0.136. The van der Waals surface area contributed by atoms with Crippen molar-refractivity contribution in [3.63, 3.8) is 0 Å². The molecule has 2 heterocycles. The minimum absolute atomic E-state index is 0.266. The van der Waals surface area contributed by atoms with Gasteiger partial charge < -0.3 is 5.11 Å². The summed E-state index contributed by atoms with van der Waals surface area (Å²) in [7, 11) is 0. The SMILES string of the molecule is CCn1ncnc1CC(O)CC1CCSCC1. The van der Waals surface area contributed by atoms with Crippen molar-refractivity contribution in [2.24, 2.45) is 5.92 Å². The van der Waals surface area contributed by atoms with Crippen LogP contribution in [-0.4, -0.2) is 37.5 Å². The van der Waals surface area contributed by atoms with Gasteiger partial charge in [-0.2, -0.15) is 16.9 Å². The van der Waals surface area contributed by atoms with Gasteiger partial charge in [-0.1, -0.05) is 0 Å². The first-order valence-electron chi connectivity index (χ1n) is 6.42. The summed E-state index contributed by atoms with van der Waals surface area (Å²) in [5.41, 5.74) is 0. The van der Waals surface area contributed by atoms with Gasteiger partial charge in [-0.25, -0.2) is 4.98 Å². The van der Waals surface area contributed by atoms with Crippen LogP contribution in [0.15, 0.2) is 6.33 Å². The third-order valence-electron chi connectivity index (χ3n) is 3.36. The zero-order valence-electron chi connectivity index (χ0n) is 10.4. The van der Waals surface area contributed by atoms with Crippen molar-refractivity contribution in [2.75, 3.05) is 11.5 Å². The van der Waals surface area contributed by atoms with Gasteiger partial charge in [-0.15, -0.1) is 0 Å². The molecule has 0 amide bonds. The van der Waals surface area contributed by atoms with Crippen molar-refractivity contribution in [3.8, 4) is 0 Å². The number of aliphatic hydroxyl groups is 1. The van der Waals surface area contributed by atoms with E-state index in [1.165, 1.54) is 24.3 Å². The Morgan fingerprint density at radius 1 is 1.53 bits per heavy atom. The minimum atomic E-state index is -0.266. The topological polar surface area (TPSA) is 50.9 Å². The largest absolute Gasteiger partial charge is 0.393 e. The molecule has 17 heavy (non-hydrogen) atoms. The average molecular weight is 255 g/mol. The Labute approximate surface area is 107 Å². The number of thioether (sulfide) groups is 1. The van der Waals surface area contributed by atoms with Crippen LogP contribution in [0.4, 0.5) is 0 Å². The van der Waals surface area contributed by atoms with Crippen LogP contribution in [0.25, 0.3) is 0 Å². The quantitative estimate of drug-likeness (QED) is 0.870. The molecule has 4 nitrogen and oxygen atoms in total. The monoisotopic (exact) mass is 255 g/mol. The van der Waals surface area contributed by atoms with Crippen molar-refractivity contribution in [1.29, 1.82) is 0 Å². The smallest absolute Gasteiger partial charge is 0.138 e. The molecule has 0 spiro atoms. The Kier molecular flexibility index (Phi) is 4.86. The molecule has 1 atom stereocenters. The number of hydrogen-bond donors (Lipinski definition) is 1. The summed E-state index contributed by atoms with van der Waals surface area (Å²) in [5, 5.41) is 14.2. The van der Waals surface area contributed by atoms with Crippen molar-refractivity contribution < 1.29 is 5.11 Å². The van der Waals surface area contributed by atoms with Crippen LogP contribution < -0.4 is 0 Å². The Morgan fingerprint density at radius 3 is 3.00 bits per heavy atom. The fraction of sp³-hybridized carbons (Fsp3) is 0.833. The number of aromatic nitrogens is 3. The van der Waals surface area contributed by atoms with E-state index >= 15 is 0 Å². The van der Waals surface area contributed by atoms with Gasteiger partial charge in [0.05, 0.1) is 6.10 Å². The highest BCUT2D eigenvalue weighted by Crippen LogP contribution is 2.26. The summed E-state index contributed by atoms with van der Waals surface area (Å²) in [6.07, 6.45) is 5.36. The van der Waals surface area contributed by atoms with Gasteiger partial charge in [-0.05, 0) is 43.6 Å². The second-order valence-electron chi connectivity index (χ2n) is 4.64. The maximum absolute atomic E-state index is 10.1. The van der Waals surface area contributed by atoms with E-state index in [-0.39, 0.29) is 6.10 Å². The highest BCUT2D eigenvalue weighted by Gasteiger charge is 2.19. The first-order valence-corrected chi connectivity index (χ1v) is 7.57. The van der Waals surface area contributed by atoms with Gasteiger partial charge in [0.2, 0.25) is 0 Å². The molecule has 1 aromatic heterocycles. The molecule has 96 valence electrons. The molecule has 5 heteroatoms. The number of rotatable bonds is 5. The molecule has 0 aromatic carbocycles. The predicted molar refractivity (Wildman–Crippen MR) is 70.1 cm³/mol. The highest BCUT2D eigenvalue weighted by molar-refractivity contribution is 7.99. The molecule has 0 saturated carbocycles. The summed E-state index contributed by atoms with van der Waals surface area (Å²) >= 11 is 2.03. The van der Waals surface area contributed by atoms with Gasteiger partial charge in [0, 0.05) is 13.0 Å². The second kappa shape index (κ2) is 6.40. The van der Waals surface area contributed by atoms with Crippen molar-refractivity contribution in [3.05, 3.63) is 12.2 Å². The van der Waals surface area contributed by atoms with E-state index < -0.39 is 0 Å². The number of hydrogen-bond acceptors (Lipinski definition) is 4. The van der Waals surface area contributed by atoms with E-state index in [1.807, 2.05) is 23.4 Å². The Morgan fingerprint density at radius 2 is 2.29 bits per heavy atom. The molecule has 1 N–H and O–H groups in total. The molecule has 1 aromatic rings. The molecule has 1 aliphatic heterocycles. The molecular weight excluding hydrogens is 234 g/mol. The zero-order valence-corrected chi connectivity index (χ0v) is 11.2. The Hall–Kier alpha value is -0.550.